The van der Waals surface area contributed by atoms with Crippen LogP contribution in [0.25, 0.3) is 0 Å². The molecule has 2 nitrogen and oxygen atoms in total. The van der Waals surface area contributed by atoms with Gasteiger partial charge in [0.15, 0.2) is 0 Å². The molecular formula is C12H21NO. The van der Waals surface area contributed by atoms with Gasteiger partial charge >= 0.3 is 0 Å². The molecule has 0 aliphatic carbocycles. The van der Waals surface area contributed by atoms with E-state index in [2.05, 4.69) is 16.7 Å². The lowest BCUT2D eigenvalue weighted by Crippen LogP contribution is -2.41. The molecule has 0 spiro atoms. The average molecular weight is 195 g/mol. The van der Waals surface area contributed by atoms with Crippen LogP contribution in [0.2, 0.25) is 0 Å². The first-order valence-electron chi connectivity index (χ1n) is 5.38. The van der Waals surface area contributed by atoms with Crippen molar-refractivity contribution in [2.75, 3.05) is 19.6 Å². The molecule has 1 aliphatic rings. The first kappa shape index (κ1) is 11.6. The minimum atomic E-state index is -0.511. The minimum Gasteiger partial charge on any atom is -0.390 e. The summed E-state index contributed by atoms with van der Waals surface area (Å²) in [5.41, 5.74) is -0.511. The largest absolute Gasteiger partial charge is 0.390 e. The summed E-state index contributed by atoms with van der Waals surface area (Å²) in [5.74, 6) is 6.45. The van der Waals surface area contributed by atoms with Gasteiger partial charge in [-0.3, -0.25) is 4.90 Å². The normalized spacial score (nSPS) is 20.3. The Hall–Kier alpha value is -0.520. The van der Waals surface area contributed by atoms with Crippen LogP contribution >= 0.6 is 0 Å². The van der Waals surface area contributed by atoms with E-state index in [9.17, 15) is 5.11 Å². The number of hydrogen-bond acceptors (Lipinski definition) is 2. The van der Waals surface area contributed by atoms with Gasteiger partial charge in [0.25, 0.3) is 0 Å². The average Bonchev–Trinajstić information content (AvgIpc) is 2.14. The molecule has 0 radical (unpaired) electrons. The van der Waals surface area contributed by atoms with Gasteiger partial charge in [0.1, 0.15) is 0 Å². The quantitative estimate of drug-likeness (QED) is 0.675. The first-order valence-corrected chi connectivity index (χ1v) is 5.38. The Morgan fingerprint density at radius 2 is 1.93 bits per heavy atom. The highest BCUT2D eigenvalue weighted by Gasteiger charge is 2.29. The fourth-order valence-corrected chi connectivity index (χ4v) is 1.99. The van der Waals surface area contributed by atoms with Gasteiger partial charge < -0.3 is 5.11 Å². The molecule has 0 unspecified atom stereocenters. The predicted molar refractivity (Wildman–Crippen MR) is 58.9 cm³/mol. The lowest BCUT2D eigenvalue weighted by molar-refractivity contribution is -0.0108. The zero-order valence-corrected chi connectivity index (χ0v) is 9.51. The Labute approximate surface area is 87.3 Å². The van der Waals surface area contributed by atoms with Crippen molar-refractivity contribution < 1.29 is 5.11 Å². The number of hydrogen-bond donors (Lipinski definition) is 1. The van der Waals surface area contributed by atoms with Crippen LogP contribution in [0.4, 0.5) is 0 Å². The lowest BCUT2D eigenvalue weighted by Gasteiger charge is -2.37. The third-order valence-corrected chi connectivity index (χ3v) is 3.07. The minimum absolute atomic E-state index is 0.452. The van der Waals surface area contributed by atoms with Crippen molar-refractivity contribution in [3.05, 3.63) is 0 Å². The second-order valence-electron chi connectivity index (χ2n) is 4.63. The van der Waals surface area contributed by atoms with Crippen molar-refractivity contribution in [3.63, 3.8) is 0 Å². The molecule has 80 valence electrons. The van der Waals surface area contributed by atoms with E-state index < -0.39 is 5.60 Å². The highest BCUT2D eigenvalue weighted by atomic mass is 16.3. The standard InChI is InChI=1S/C12H21NO/c1-4-5-8-13-9-6-11(7-10-13)12(2,3)14/h11,14H,6-10H2,1-3H3. The molecule has 0 bridgehead atoms. The van der Waals surface area contributed by atoms with E-state index in [0.29, 0.717) is 5.92 Å². The Bertz CT molecular complexity index is 223. The Morgan fingerprint density at radius 1 is 1.36 bits per heavy atom. The molecule has 0 aromatic carbocycles. The van der Waals surface area contributed by atoms with Crippen LogP contribution in [0.3, 0.4) is 0 Å². The summed E-state index contributed by atoms with van der Waals surface area (Å²) >= 11 is 0. The lowest BCUT2D eigenvalue weighted by atomic mass is 9.83. The maximum absolute atomic E-state index is 9.86. The maximum Gasteiger partial charge on any atom is 0.0620 e. The maximum atomic E-state index is 9.86. The molecule has 0 saturated carbocycles. The SMILES string of the molecule is CC#CCN1CCC(C(C)(C)O)CC1. The van der Waals surface area contributed by atoms with Gasteiger partial charge in [-0.2, -0.15) is 0 Å². The number of piperidine rings is 1. The molecule has 1 aliphatic heterocycles. The molecule has 1 fully saturated rings. The van der Waals surface area contributed by atoms with Crippen LogP contribution < -0.4 is 0 Å². The van der Waals surface area contributed by atoms with Crippen LogP contribution in [-0.2, 0) is 0 Å². The molecule has 0 aromatic heterocycles. The molecule has 0 amide bonds. The molecule has 1 N–H and O–H groups in total. The molecule has 14 heavy (non-hydrogen) atoms. The van der Waals surface area contributed by atoms with Gasteiger partial charge in [0, 0.05) is 0 Å². The van der Waals surface area contributed by atoms with E-state index in [0.717, 1.165) is 32.5 Å². The van der Waals surface area contributed by atoms with Crippen LogP contribution in [0.15, 0.2) is 0 Å². The van der Waals surface area contributed by atoms with Crippen LogP contribution in [0.5, 0.6) is 0 Å². The monoisotopic (exact) mass is 195 g/mol. The van der Waals surface area contributed by atoms with E-state index in [1.54, 1.807) is 0 Å². The summed E-state index contributed by atoms with van der Waals surface area (Å²) in [5, 5.41) is 9.86. The smallest absolute Gasteiger partial charge is 0.0620 e. The molecule has 2 heteroatoms. The van der Waals surface area contributed by atoms with Crippen molar-refractivity contribution >= 4 is 0 Å². The third kappa shape index (κ3) is 3.32. The van der Waals surface area contributed by atoms with E-state index in [1.807, 2.05) is 20.8 Å². The van der Waals surface area contributed by atoms with Crippen molar-refractivity contribution in [3.8, 4) is 11.8 Å². The number of aliphatic hydroxyl groups is 1. The van der Waals surface area contributed by atoms with Gasteiger partial charge in [-0.1, -0.05) is 5.92 Å². The summed E-state index contributed by atoms with van der Waals surface area (Å²) in [4.78, 5) is 2.36. The molecule has 0 atom stereocenters. The Balaban J connectivity index is 2.34. The van der Waals surface area contributed by atoms with Gasteiger partial charge in [0.2, 0.25) is 0 Å². The van der Waals surface area contributed by atoms with Crippen LogP contribution in [-0.4, -0.2) is 35.2 Å². The topological polar surface area (TPSA) is 23.5 Å². The number of rotatable bonds is 2. The van der Waals surface area contributed by atoms with Gasteiger partial charge in [-0.25, -0.2) is 0 Å². The van der Waals surface area contributed by atoms with Crippen molar-refractivity contribution in [2.24, 2.45) is 5.92 Å². The van der Waals surface area contributed by atoms with Crippen LogP contribution in [0, 0.1) is 17.8 Å². The van der Waals surface area contributed by atoms with Crippen molar-refractivity contribution in [1.82, 2.24) is 4.90 Å². The van der Waals surface area contributed by atoms with E-state index in [-0.39, 0.29) is 0 Å². The zero-order valence-electron chi connectivity index (χ0n) is 9.51. The summed E-state index contributed by atoms with van der Waals surface area (Å²) in [6.45, 7) is 8.74. The Morgan fingerprint density at radius 3 is 2.36 bits per heavy atom. The van der Waals surface area contributed by atoms with E-state index in [1.165, 1.54) is 0 Å². The molecular weight excluding hydrogens is 174 g/mol. The van der Waals surface area contributed by atoms with Gasteiger partial charge in [-0.15, -0.1) is 5.92 Å². The Kier molecular flexibility index (Phi) is 3.97. The summed E-state index contributed by atoms with van der Waals surface area (Å²) < 4.78 is 0. The van der Waals surface area contributed by atoms with Gasteiger partial charge in [-0.05, 0) is 52.6 Å². The fourth-order valence-electron chi connectivity index (χ4n) is 1.99. The second-order valence-corrected chi connectivity index (χ2v) is 4.63. The molecule has 1 heterocycles. The first-order chi connectivity index (χ1) is 6.54. The van der Waals surface area contributed by atoms with E-state index in [4.69, 9.17) is 0 Å². The summed E-state index contributed by atoms with van der Waals surface area (Å²) in [6.07, 6.45) is 2.18. The summed E-state index contributed by atoms with van der Waals surface area (Å²) in [7, 11) is 0. The number of nitrogens with zero attached hydrogens (tertiary/aromatic N) is 1. The molecule has 0 aromatic rings. The second kappa shape index (κ2) is 4.82. The predicted octanol–water partition coefficient (Wildman–Crippen LogP) is 1.49. The highest BCUT2D eigenvalue weighted by molar-refractivity contribution is 4.98. The third-order valence-electron chi connectivity index (χ3n) is 3.07. The zero-order chi connectivity index (χ0) is 10.6. The highest BCUT2D eigenvalue weighted by Crippen LogP contribution is 2.27. The fraction of sp³-hybridized carbons (Fsp3) is 0.833. The number of likely N-dealkylation sites (tertiary alicyclic amines) is 1. The van der Waals surface area contributed by atoms with E-state index >= 15 is 0 Å². The van der Waals surface area contributed by atoms with Crippen molar-refractivity contribution in [1.29, 1.82) is 0 Å². The summed E-state index contributed by atoms with van der Waals surface area (Å²) in [6, 6.07) is 0. The van der Waals surface area contributed by atoms with Crippen molar-refractivity contribution in [2.45, 2.75) is 39.2 Å². The van der Waals surface area contributed by atoms with Gasteiger partial charge in [0.05, 0.1) is 12.1 Å². The van der Waals surface area contributed by atoms with Crippen LogP contribution in [0.1, 0.15) is 33.6 Å². The molecule has 1 saturated heterocycles. The molecule has 1 rings (SSSR count).